The molecule has 0 unspecified atom stereocenters. The minimum atomic E-state index is -0.939. The highest BCUT2D eigenvalue weighted by Crippen LogP contribution is 2.09. The van der Waals surface area contributed by atoms with Crippen molar-refractivity contribution in [3.63, 3.8) is 0 Å². The quantitative estimate of drug-likeness (QED) is 0.419. The lowest BCUT2D eigenvalue weighted by molar-refractivity contribution is -0.514. The predicted molar refractivity (Wildman–Crippen MR) is 69.8 cm³/mol. The molecule has 0 heterocycles. The third kappa shape index (κ3) is 12.0. The van der Waals surface area contributed by atoms with E-state index in [1.807, 2.05) is 0 Å². The summed E-state index contributed by atoms with van der Waals surface area (Å²) >= 11 is 0. The van der Waals surface area contributed by atoms with E-state index in [4.69, 9.17) is 9.78 Å². The molecule has 0 aliphatic rings. The van der Waals surface area contributed by atoms with E-state index in [1.165, 1.54) is 6.92 Å². The Balaban J connectivity index is 4.15. The lowest BCUT2D eigenvalue weighted by atomic mass is 10.2. The first-order valence-electron chi connectivity index (χ1n) is 6.22. The zero-order chi connectivity index (χ0) is 16.7. The molecule has 0 saturated heterocycles. The summed E-state index contributed by atoms with van der Waals surface area (Å²) in [5.41, 5.74) is -1.36. The van der Waals surface area contributed by atoms with Crippen LogP contribution in [0.15, 0.2) is 11.6 Å². The summed E-state index contributed by atoms with van der Waals surface area (Å²) < 4.78 is 0. The molecule has 0 aromatic carbocycles. The summed E-state index contributed by atoms with van der Waals surface area (Å²) in [6.45, 7) is 11.5. The van der Waals surface area contributed by atoms with Crippen LogP contribution in [0.2, 0.25) is 0 Å². The first kappa shape index (κ1) is 19.5. The Bertz CT molecular complexity index is 386. The molecular weight excluding hydrogens is 284 g/mol. The smallest absolute Gasteiger partial charge is 0.264 e. The van der Waals surface area contributed by atoms with E-state index < -0.39 is 23.1 Å². The summed E-state index contributed by atoms with van der Waals surface area (Å²) in [7, 11) is 0. The molecule has 0 rings (SSSR count). The fourth-order valence-corrected chi connectivity index (χ4v) is 0.628. The molecule has 0 aliphatic carbocycles. The molecule has 0 fully saturated rings. The SMILES string of the molecule is C/C(=C\C(=O)OOOC(C)(C)C)C(=O)OOOC(C)(C)C. The first-order chi connectivity index (χ1) is 9.41. The van der Waals surface area contributed by atoms with Crippen LogP contribution in [0.3, 0.4) is 0 Å². The van der Waals surface area contributed by atoms with Gasteiger partial charge in [0.2, 0.25) is 0 Å². The van der Waals surface area contributed by atoms with E-state index in [2.05, 4.69) is 19.9 Å². The van der Waals surface area contributed by atoms with E-state index in [0.717, 1.165) is 6.08 Å². The second kappa shape index (κ2) is 8.08. The van der Waals surface area contributed by atoms with Gasteiger partial charge in [-0.1, -0.05) is 0 Å². The Labute approximate surface area is 123 Å². The van der Waals surface area contributed by atoms with Gasteiger partial charge in [-0.25, -0.2) is 9.59 Å². The van der Waals surface area contributed by atoms with Gasteiger partial charge in [0.05, 0.1) is 11.2 Å². The maximum atomic E-state index is 11.4. The van der Waals surface area contributed by atoms with Gasteiger partial charge in [0.15, 0.2) is 0 Å². The number of hydrogen-bond acceptors (Lipinski definition) is 8. The molecule has 0 aromatic rings. The molecule has 0 radical (unpaired) electrons. The third-order valence-electron chi connectivity index (χ3n) is 1.45. The summed E-state index contributed by atoms with van der Waals surface area (Å²) in [5, 5.41) is 8.55. The van der Waals surface area contributed by atoms with Crippen molar-refractivity contribution in [1.82, 2.24) is 0 Å². The van der Waals surface area contributed by atoms with E-state index in [1.54, 1.807) is 41.5 Å². The molecule has 21 heavy (non-hydrogen) atoms. The lowest BCUT2D eigenvalue weighted by Gasteiger charge is -2.15. The largest absolute Gasteiger partial charge is 0.372 e. The number of carbonyl (C=O) groups is 2. The highest BCUT2D eigenvalue weighted by molar-refractivity contribution is 5.95. The molecule has 8 heteroatoms. The van der Waals surface area contributed by atoms with Crippen LogP contribution in [0.1, 0.15) is 48.5 Å². The Morgan fingerprint density at radius 3 is 1.67 bits per heavy atom. The summed E-state index contributed by atoms with van der Waals surface area (Å²) in [4.78, 5) is 40.8. The van der Waals surface area contributed by atoms with Crippen LogP contribution in [0.5, 0.6) is 0 Å². The van der Waals surface area contributed by atoms with Crippen molar-refractivity contribution in [2.45, 2.75) is 59.7 Å². The highest BCUT2D eigenvalue weighted by atomic mass is 17.5. The Hall–Kier alpha value is -1.48. The van der Waals surface area contributed by atoms with Gasteiger partial charge >= 0.3 is 11.9 Å². The van der Waals surface area contributed by atoms with Gasteiger partial charge in [-0.3, -0.25) is 9.78 Å². The maximum absolute atomic E-state index is 11.4. The van der Waals surface area contributed by atoms with Gasteiger partial charge in [-0.2, -0.15) is 9.78 Å². The van der Waals surface area contributed by atoms with Gasteiger partial charge in [-0.05, 0) is 58.5 Å². The third-order valence-corrected chi connectivity index (χ3v) is 1.45. The van der Waals surface area contributed by atoms with Crippen LogP contribution >= 0.6 is 0 Å². The van der Waals surface area contributed by atoms with E-state index >= 15 is 0 Å². The van der Waals surface area contributed by atoms with Crippen molar-refractivity contribution in [3.8, 4) is 0 Å². The van der Waals surface area contributed by atoms with E-state index in [9.17, 15) is 9.59 Å². The van der Waals surface area contributed by atoms with Gasteiger partial charge < -0.3 is 0 Å². The van der Waals surface area contributed by atoms with Gasteiger partial charge in [0.1, 0.15) is 0 Å². The molecule has 0 aliphatic heterocycles. The van der Waals surface area contributed by atoms with Crippen LogP contribution in [0, 0.1) is 0 Å². The van der Waals surface area contributed by atoms with Crippen molar-refractivity contribution in [2.75, 3.05) is 0 Å². The van der Waals surface area contributed by atoms with Gasteiger partial charge in [0.25, 0.3) is 0 Å². The summed E-state index contributed by atoms with van der Waals surface area (Å²) in [6, 6.07) is 0. The normalized spacial score (nSPS) is 13.0. The highest BCUT2D eigenvalue weighted by Gasteiger charge is 2.17. The molecule has 0 amide bonds. The minimum Gasteiger partial charge on any atom is -0.264 e. The topological polar surface area (TPSA) is 89.5 Å². The molecule has 8 nitrogen and oxygen atoms in total. The van der Waals surface area contributed by atoms with Crippen molar-refractivity contribution >= 4 is 11.9 Å². The van der Waals surface area contributed by atoms with Crippen LogP contribution in [-0.4, -0.2) is 23.1 Å². The maximum Gasteiger partial charge on any atom is 0.372 e. The number of carbonyl (C=O) groups excluding carboxylic acids is 2. The molecule has 0 saturated carbocycles. The molecule has 0 N–H and O–H groups in total. The standard InChI is InChI=1S/C13H22O8/c1-9(11(15)17-21-19-13(5,6)7)8-10(14)16-20-18-12(2,3)4/h8H,1-7H3/b9-8+. The zero-order valence-electron chi connectivity index (χ0n) is 13.3. The molecule has 0 atom stereocenters. The average molecular weight is 306 g/mol. The monoisotopic (exact) mass is 306 g/mol. The molecular formula is C13H22O8. The number of hydrogen-bond donors (Lipinski definition) is 0. The van der Waals surface area contributed by atoms with Crippen LogP contribution in [0.25, 0.3) is 0 Å². The first-order valence-corrected chi connectivity index (χ1v) is 6.22. The molecule has 0 spiro atoms. The van der Waals surface area contributed by atoms with E-state index in [0.29, 0.717) is 0 Å². The average Bonchev–Trinajstić information content (AvgIpc) is 2.24. The van der Waals surface area contributed by atoms with E-state index in [-0.39, 0.29) is 5.57 Å². The Kier molecular flexibility index (Phi) is 7.51. The van der Waals surface area contributed by atoms with Crippen LogP contribution in [-0.2, 0) is 39.2 Å². The van der Waals surface area contributed by atoms with Crippen molar-refractivity contribution in [3.05, 3.63) is 11.6 Å². The lowest BCUT2D eigenvalue weighted by Crippen LogP contribution is -2.21. The molecule has 122 valence electrons. The fourth-order valence-electron chi connectivity index (χ4n) is 0.628. The summed E-state index contributed by atoms with van der Waals surface area (Å²) in [6.07, 6.45) is 0.856. The predicted octanol–water partition coefficient (Wildman–Crippen LogP) is 2.34. The minimum absolute atomic E-state index is 0.0723. The number of rotatable bonds is 6. The summed E-state index contributed by atoms with van der Waals surface area (Å²) in [5.74, 6) is -1.85. The van der Waals surface area contributed by atoms with Gasteiger partial charge in [0, 0.05) is 11.6 Å². The van der Waals surface area contributed by atoms with Crippen molar-refractivity contribution in [1.29, 1.82) is 0 Å². The van der Waals surface area contributed by atoms with Crippen LogP contribution < -0.4 is 0 Å². The Morgan fingerprint density at radius 2 is 1.24 bits per heavy atom. The van der Waals surface area contributed by atoms with Gasteiger partial charge in [-0.15, -0.1) is 0 Å². The second-order valence-electron chi connectivity index (χ2n) is 6.13. The van der Waals surface area contributed by atoms with Crippen LogP contribution in [0.4, 0.5) is 0 Å². The second-order valence-corrected chi connectivity index (χ2v) is 6.13. The van der Waals surface area contributed by atoms with Crippen molar-refractivity contribution < 1.29 is 39.2 Å². The van der Waals surface area contributed by atoms with Crippen molar-refractivity contribution in [2.24, 2.45) is 0 Å². The Morgan fingerprint density at radius 1 is 0.810 bits per heavy atom. The molecule has 0 aromatic heterocycles. The zero-order valence-corrected chi connectivity index (χ0v) is 13.3. The molecule has 0 bridgehead atoms. The fraction of sp³-hybridized carbons (Fsp3) is 0.692.